The Morgan fingerprint density at radius 2 is 1.52 bits per heavy atom. The molecule has 3 N–H and O–H groups in total. The first-order valence-electron chi connectivity index (χ1n) is 8.02. The Labute approximate surface area is 149 Å². The van der Waals surface area contributed by atoms with Crippen molar-refractivity contribution in [2.24, 2.45) is 0 Å². The molecule has 7 heteroatoms. The lowest BCUT2D eigenvalue weighted by molar-refractivity contribution is -0.159. The van der Waals surface area contributed by atoms with Crippen molar-refractivity contribution < 1.29 is 29.3 Å². The molecule has 0 saturated heterocycles. The number of aliphatic carboxylic acids is 2. The maximum absolute atomic E-state index is 9.10. The lowest BCUT2D eigenvalue weighted by atomic mass is 10.1. The summed E-state index contributed by atoms with van der Waals surface area (Å²) in [6, 6.07) is 6.18. The van der Waals surface area contributed by atoms with Gasteiger partial charge in [-0.3, -0.25) is 0 Å². The number of aryl methyl sites for hydroxylation is 2. The van der Waals surface area contributed by atoms with E-state index in [1.807, 2.05) is 6.07 Å². The van der Waals surface area contributed by atoms with E-state index in [9.17, 15) is 0 Å². The van der Waals surface area contributed by atoms with Gasteiger partial charge in [-0.2, -0.15) is 0 Å². The molecule has 0 aliphatic rings. The van der Waals surface area contributed by atoms with E-state index < -0.39 is 11.9 Å². The maximum atomic E-state index is 9.10. The van der Waals surface area contributed by atoms with Crippen molar-refractivity contribution in [3.8, 4) is 5.75 Å². The van der Waals surface area contributed by atoms with Crippen LogP contribution in [0.5, 0.6) is 5.75 Å². The van der Waals surface area contributed by atoms with E-state index in [0.717, 1.165) is 12.3 Å². The lowest BCUT2D eigenvalue weighted by Crippen LogP contribution is -2.38. The molecule has 0 unspecified atom stereocenters. The molecule has 142 valence electrons. The van der Waals surface area contributed by atoms with E-state index in [4.69, 9.17) is 29.3 Å². The number of rotatable bonds is 7. The van der Waals surface area contributed by atoms with Crippen LogP contribution in [0.25, 0.3) is 0 Å². The summed E-state index contributed by atoms with van der Waals surface area (Å²) in [7, 11) is 0. The number of hydrogen-bond acceptors (Lipinski definition) is 5. The van der Waals surface area contributed by atoms with Crippen molar-refractivity contribution >= 4 is 11.9 Å². The summed E-state index contributed by atoms with van der Waals surface area (Å²) in [6.07, 6.45) is 0. The molecule has 7 nitrogen and oxygen atoms in total. The topological polar surface area (TPSA) is 105 Å². The van der Waals surface area contributed by atoms with Gasteiger partial charge in [0.2, 0.25) is 0 Å². The van der Waals surface area contributed by atoms with Crippen LogP contribution < -0.4 is 10.1 Å². The molecule has 0 aliphatic heterocycles. The van der Waals surface area contributed by atoms with Gasteiger partial charge in [0.15, 0.2) is 0 Å². The summed E-state index contributed by atoms with van der Waals surface area (Å²) in [5, 5.41) is 18.2. The van der Waals surface area contributed by atoms with Gasteiger partial charge in [0.25, 0.3) is 0 Å². The molecular formula is C18H29NO6. The highest BCUT2D eigenvalue weighted by Gasteiger charge is 2.07. The maximum Gasteiger partial charge on any atom is 0.414 e. The number of hydrogen-bond donors (Lipinski definition) is 3. The second kappa shape index (κ2) is 11.4. The molecule has 0 aliphatic carbocycles. The molecule has 0 radical (unpaired) electrons. The molecule has 1 rings (SSSR count). The summed E-state index contributed by atoms with van der Waals surface area (Å²) < 4.78 is 11.3. The minimum atomic E-state index is -1.82. The third kappa shape index (κ3) is 12.0. The first-order chi connectivity index (χ1) is 11.5. The molecule has 0 heterocycles. The van der Waals surface area contributed by atoms with Crippen LogP contribution in [0.1, 0.15) is 31.9 Å². The van der Waals surface area contributed by atoms with Crippen LogP contribution in [0.15, 0.2) is 18.2 Å². The van der Waals surface area contributed by atoms with Crippen LogP contribution >= 0.6 is 0 Å². The zero-order valence-corrected chi connectivity index (χ0v) is 15.6. The first kappa shape index (κ1) is 22.9. The first-order valence-corrected chi connectivity index (χ1v) is 8.02. The predicted molar refractivity (Wildman–Crippen MR) is 95.3 cm³/mol. The lowest BCUT2D eigenvalue weighted by Gasteiger charge is -2.20. The summed E-state index contributed by atoms with van der Waals surface area (Å²) in [5.41, 5.74) is 2.50. The molecule has 0 spiro atoms. The van der Waals surface area contributed by atoms with Gasteiger partial charge in [-0.25, -0.2) is 9.59 Å². The van der Waals surface area contributed by atoms with E-state index in [0.29, 0.717) is 19.8 Å². The van der Waals surface area contributed by atoms with Gasteiger partial charge in [-0.05, 0) is 45.7 Å². The van der Waals surface area contributed by atoms with Crippen LogP contribution in [-0.4, -0.2) is 54.1 Å². The number of carbonyl (C=O) groups is 2. The number of benzene rings is 1. The number of para-hydroxylation sites is 1. The highest BCUT2D eigenvalue weighted by atomic mass is 16.5. The standard InChI is InChI=1S/C16H27NO2.C2H2O4/c1-13-7-6-8-14(2)15(13)19-12-11-18-10-9-17-16(3,4)5;3-1(4)2(5)6/h6-8,17H,9-12H2,1-5H3;(H,3,4)(H,5,6). The predicted octanol–water partition coefficient (Wildman–Crippen LogP) is 2.24. The highest BCUT2D eigenvalue weighted by Crippen LogP contribution is 2.21. The van der Waals surface area contributed by atoms with Gasteiger partial charge in [0, 0.05) is 12.1 Å². The van der Waals surface area contributed by atoms with Gasteiger partial charge >= 0.3 is 11.9 Å². The van der Waals surface area contributed by atoms with Crippen LogP contribution in [0.4, 0.5) is 0 Å². The molecule has 25 heavy (non-hydrogen) atoms. The molecule has 0 bridgehead atoms. The van der Waals surface area contributed by atoms with Crippen molar-refractivity contribution in [2.75, 3.05) is 26.4 Å². The monoisotopic (exact) mass is 355 g/mol. The summed E-state index contributed by atoms with van der Waals surface area (Å²) in [4.78, 5) is 18.2. The van der Waals surface area contributed by atoms with Crippen molar-refractivity contribution in [1.29, 1.82) is 0 Å². The zero-order valence-electron chi connectivity index (χ0n) is 15.6. The molecule has 0 saturated carbocycles. The third-order valence-electron chi connectivity index (χ3n) is 2.97. The highest BCUT2D eigenvalue weighted by molar-refractivity contribution is 6.27. The molecule has 1 aromatic carbocycles. The largest absolute Gasteiger partial charge is 0.491 e. The van der Waals surface area contributed by atoms with Crippen LogP contribution in [0.3, 0.4) is 0 Å². The quantitative estimate of drug-likeness (QED) is 0.509. The molecule has 0 amide bonds. The Morgan fingerprint density at radius 1 is 1.00 bits per heavy atom. The van der Waals surface area contributed by atoms with E-state index >= 15 is 0 Å². The molecular weight excluding hydrogens is 326 g/mol. The second-order valence-electron chi connectivity index (χ2n) is 6.47. The number of ether oxygens (including phenoxy) is 2. The zero-order chi connectivity index (χ0) is 19.5. The van der Waals surface area contributed by atoms with Gasteiger partial charge in [-0.15, -0.1) is 0 Å². The van der Waals surface area contributed by atoms with Gasteiger partial charge in [0.05, 0.1) is 13.2 Å². The second-order valence-corrected chi connectivity index (χ2v) is 6.47. The number of carboxylic acid groups (broad SMARTS) is 2. The minimum Gasteiger partial charge on any atom is -0.491 e. The molecule has 0 fully saturated rings. The smallest absolute Gasteiger partial charge is 0.414 e. The van der Waals surface area contributed by atoms with Gasteiger partial charge < -0.3 is 25.0 Å². The van der Waals surface area contributed by atoms with Crippen molar-refractivity contribution in [3.63, 3.8) is 0 Å². The van der Waals surface area contributed by atoms with Crippen LogP contribution in [0, 0.1) is 13.8 Å². The van der Waals surface area contributed by atoms with Crippen LogP contribution in [0.2, 0.25) is 0 Å². The Hall–Kier alpha value is -2.12. The van der Waals surface area contributed by atoms with Crippen molar-refractivity contribution in [3.05, 3.63) is 29.3 Å². The average molecular weight is 355 g/mol. The fraction of sp³-hybridized carbons (Fsp3) is 0.556. The molecule has 0 atom stereocenters. The van der Waals surface area contributed by atoms with Crippen molar-refractivity contribution in [2.45, 2.75) is 40.2 Å². The van der Waals surface area contributed by atoms with Crippen molar-refractivity contribution in [1.82, 2.24) is 5.32 Å². The fourth-order valence-electron chi connectivity index (χ4n) is 1.83. The summed E-state index contributed by atoms with van der Waals surface area (Å²) in [6.45, 7) is 13.4. The van der Waals surface area contributed by atoms with E-state index in [2.05, 4.69) is 52.1 Å². The number of carboxylic acids is 2. The van der Waals surface area contributed by atoms with E-state index in [1.165, 1.54) is 11.1 Å². The fourth-order valence-corrected chi connectivity index (χ4v) is 1.83. The SMILES string of the molecule is Cc1cccc(C)c1OCCOCCNC(C)(C)C.O=C(O)C(=O)O. The summed E-state index contributed by atoms with van der Waals surface area (Å²) >= 11 is 0. The Balaban J connectivity index is 0.000000823. The van der Waals surface area contributed by atoms with E-state index in [1.54, 1.807) is 0 Å². The normalized spacial score (nSPS) is 10.6. The Morgan fingerprint density at radius 3 is 1.96 bits per heavy atom. The Kier molecular flexibility index (Phi) is 10.5. The minimum absolute atomic E-state index is 0.151. The van der Waals surface area contributed by atoms with E-state index in [-0.39, 0.29) is 5.54 Å². The number of nitrogens with one attached hydrogen (secondary N) is 1. The molecule has 0 aromatic heterocycles. The third-order valence-corrected chi connectivity index (χ3v) is 2.97. The summed E-state index contributed by atoms with van der Waals surface area (Å²) in [5.74, 6) is -2.66. The Bertz CT molecular complexity index is 519. The van der Waals surface area contributed by atoms with Gasteiger partial charge in [0.1, 0.15) is 12.4 Å². The molecule has 1 aromatic rings. The van der Waals surface area contributed by atoms with Gasteiger partial charge in [-0.1, -0.05) is 18.2 Å². The van der Waals surface area contributed by atoms with Crippen LogP contribution in [-0.2, 0) is 14.3 Å². The average Bonchev–Trinajstić information content (AvgIpc) is 2.48.